The molecule has 0 aromatic heterocycles. The second kappa shape index (κ2) is 12.6. The van der Waals surface area contributed by atoms with E-state index >= 15 is 0 Å². The lowest BCUT2D eigenvalue weighted by molar-refractivity contribution is -0.145. The van der Waals surface area contributed by atoms with Gasteiger partial charge in [0.05, 0.1) is 7.11 Å². The molecule has 4 atom stereocenters. The third kappa shape index (κ3) is 8.06. The summed E-state index contributed by atoms with van der Waals surface area (Å²) < 4.78 is 10.1. The Labute approximate surface area is 223 Å². The largest absolute Gasteiger partial charge is 0.468 e. The van der Waals surface area contributed by atoms with Crippen LogP contribution in [0.1, 0.15) is 51.3 Å². The van der Waals surface area contributed by atoms with Crippen molar-refractivity contribution in [3.63, 3.8) is 0 Å². The first-order valence-corrected chi connectivity index (χ1v) is 12.7. The Bertz CT molecular complexity index is 1120. The summed E-state index contributed by atoms with van der Waals surface area (Å²) >= 11 is 0. The number of hydrogen-bond acceptors (Lipinski definition) is 6. The van der Waals surface area contributed by atoms with Gasteiger partial charge in [-0.3, -0.25) is 14.4 Å². The smallest absolute Gasteiger partial charge is 0.408 e. The average molecular weight is 524 g/mol. The molecule has 9 nitrogen and oxygen atoms in total. The molecule has 1 aliphatic rings. The van der Waals surface area contributed by atoms with Crippen LogP contribution < -0.4 is 10.6 Å². The molecule has 9 heteroatoms. The second-order valence-corrected chi connectivity index (χ2v) is 10.5. The van der Waals surface area contributed by atoms with Crippen LogP contribution in [0.2, 0.25) is 0 Å². The number of nitrogens with zero attached hydrogens (tertiary/aromatic N) is 1. The van der Waals surface area contributed by atoms with Gasteiger partial charge in [0.15, 0.2) is 0 Å². The maximum absolute atomic E-state index is 14.3. The highest BCUT2D eigenvalue weighted by molar-refractivity contribution is 5.93. The molecule has 0 aliphatic heterocycles. The quantitative estimate of drug-likeness (QED) is 0.462. The minimum Gasteiger partial charge on any atom is -0.468 e. The number of alkyl carbamates (subject to hydrolysis) is 1. The molecular formula is C29H37N3O6. The SMILES string of the molecule is COC(=O)CNC(=O)C(c1ccccc1)N(C(=O)C(Cc1ccccc1)NC(=O)OC(C)(C)C)C1CC1C. The van der Waals surface area contributed by atoms with E-state index in [-0.39, 0.29) is 24.9 Å². The van der Waals surface area contributed by atoms with Gasteiger partial charge in [0, 0.05) is 12.5 Å². The van der Waals surface area contributed by atoms with E-state index in [1.807, 2.05) is 43.3 Å². The minimum absolute atomic E-state index is 0.164. The van der Waals surface area contributed by atoms with Gasteiger partial charge in [0.25, 0.3) is 0 Å². The molecule has 0 heterocycles. The molecule has 3 amide bonds. The summed E-state index contributed by atoms with van der Waals surface area (Å²) in [5, 5.41) is 5.35. The average Bonchev–Trinajstić information content (AvgIpc) is 3.60. The van der Waals surface area contributed by atoms with Crippen LogP contribution in [0, 0.1) is 5.92 Å². The van der Waals surface area contributed by atoms with Crippen molar-refractivity contribution in [3.8, 4) is 0 Å². The van der Waals surface area contributed by atoms with Crippen LogP contribution in [-0.4, -0.2) is 60.1 Å². The zero-order valence-electron chi connectivity index (χ0n) is 22.6. The molecule has 38 heavy (non-hydrogen) atoms. The van der Waals surface area contributed by atoms with Gasteiger partial charge in [-0.05, 0) is 44.2 Å². The normalized spacial score (nSPS) is 17.9. The third-order valence-electron chi connectivity index (χ3n) is 6.23. The van der Waals surface area contributed by atoms with Gasteiger partial charge in [-0.25, -0.2) is 4.79 Å². The van der Waals surface area contributed by atoms with Crippen LogP contribution in [0.15, 0.2) is 60.7 Å². The number of esters is 1. The van der Waals surface area contributed by atoms with Gasteiger partial charge < -0.3 is 25.0 Å². The Balaban J connectivity index is 1.99. The van der Waals surface area contributed by atoms with E-state index in [0.717, 1.165) is 5.56 Å². The summed E-state index contributed by atoms with van der Waals surface area (Å²) in [6.45, 7) is 6.92. The number of amides is 3. The fourth-order valence-corrected chi connectivity index (χ4v) is 4.25. The van der Waals surface area contributed by atoms with Crippen LogP contribution in [0.25, 0.3) is 0 Å². The highest BCUT2D eigenvalue weighted by Crippen LogP contribution is 2.40. The van der Waals surface area contributed by atoms with E-state index in [0.29, 0.717) is 12.0 Å². The molecule has 4 unspecified atom stereocenters. The van der Waals surface area contributed by atoms with Gasteiger partial charge >= 0.3 is 12.1 Å². The Morgan fingerprint density at radius 1 is 1.00 bits per heavy atom. The highest BCUT2D eigenvalue weighted by Gasteiger charge is 2.48. The molecular weight excluding hydrogens is 486 g/mol. The Morgan fingerprint density at radius 2 is 1.58 bits per heavy atom. The molecule has 1 aliphatic carbocycles. The number of hydrogen-bond donors (Lipinski definition) is 2. The van der Waals surface area contributed by atoms with Crippen LogP contribution in [0.5, 0.6) is 0 Å². The predicted molar refractivity (Wildman–Crippen MR) is 142 cm³/mol. The fraction of sp³-hybridized carbons (Fsp3) is 0.448. The summed E-state index contributed by atoms with van der Waals surface area (Å²) in [6.07, 6.45) is 0.202. The van der Waals surface area contributed by atoms with Crippen molar-refractivity contribution in [2.45, 2.75) is 64.3 Å². The van der Waals surface area contributed by atoms with Crippen molar-refractivity contribution in [1.82, 2.24) is 15.5 Å². The first-order valence-electron chi connectivity index (χ1n) is 12.7. The lowest BCUT2D eigenvalue weighted by Gasteiger charge is -2.35. The summed E-state index contributed by atoms with van der Waals surface area (Å²) in [6, 6.07) is 16.1. The van der Waals surface area contributed by atoms with Crippen molar-refractivity contribution in [2.24, 2.45) is 5.92 Å². The van der Waals surface area contributed by atoms with Crippen molar-refractivity contribution in [2.75, 3.05) is 13.7 Å². The van der Waals surface area contributed by atoms with E-state index in [1.165, 1.54) is 7.11 Å². The van der Waals surface area contributed by atoms with E-state index in [4.69, 9.17) is 4.74 Å². The van der Waals surface area contributed by atoms with Crippen LogP contribution in [0.3, 0.4) is 0 Å². The summed E-state index contributed by atoms with van der Waals surface area (Å²) in [4.78, 5) is 53.9. The molecule has 1 fully saturated rings. The Morgan fingerprint density at radius 3 is 2.11 bits per heavy atom. The Hall–Kier alpha value is -3.88. The Kier molecular flexibility index (Phi) is 9.50. The molecule has 0 saturated heterocycles. The number of rotatable bonds is 10. The van der Waals surface area contributed by atoms with E-state index in [1.54, 1.807) is 49.9 Å². The molecule has 204 valence electrons. The molecule has 2 N–H and O–H groups in total. The minimum atomic E-state index is -1.01. The summed E-state index contributed by atoms with van der Waals surface area (Å²) in [5.41, 5.74) is 0.685. The number of carbonyl (C=O) groups is 4. The zero-order chi connectivity index (χ0) is 27.9. The molecule has 1 saturated carbocycles. The summed E-state index contributed by atoms with van der Waals surface area (Å²) in [7, 11) is 1.24. The van der Waals surface area contributed by atoms with Crippen molar-refractivity contribution in [1.29, 1.82) is 0 Å². The van der Waals surface area contributed by atoms with E-state index in [9.17, 15) is 19.2 Å². The fourth-order valence-electron chi connectivity index (χ4n) is 4.25. The molecule has 3 rings (SSSR count). The molecule has 0 bridgehead atoms. The number of methoxy groups -OCH3 is 1. The number of ether oxygens (including phenoxy) is 2. The maximum atomic E-state index is 14.3. The first kappa shape index (κ1) is 28.7. The number of carbonyl (C=O) groups excluding carboxylic acids is 4. The van der Waals surface area contributed by atoms with Gasteiger partial charge in [0.2, 0.25) is 11.8 Å². The van der Waals surface area contributed by atoms with Gasteiger partial charge in [-0.1, -0.05) is 67.6 Å². The second-order valence-electron chi connectivity index (χ2n) is 10.5. The van der Waals surface area contributed by atoms with Crippen LogP contribution in [-0.2, 0) is 30.3 Å². The predicted octanol–water partition coefficient (Wildman–Crippen LogP) is 3.39. The van der Waals surface area contributed by atoms with Gasteiger partial charge in [0.1, 0.15) is 24.2 Å². The topological polar surface area (TPSA) is 114 Å². The highest BCUT2D eigenvalue weighted by atomic mass is 16.6. The van der Waals surface area contributed by atoms with Crippen molar-refractivity contribution < 1.29 is 28.7 Å². The van der Waals surface area contributed by atoms with Crippen LogP contribution in [0.4, 0.5) is 4.79 Å². The maximum Gasteiger partial charge on any atom is 0.408 e. The monoisotopic (exact) mass is 523 g/mol. The van der Waals surface area contributed by atoms with E-state index in [2.05, 4.69) is 15.4 Å². The third-order valence-corrected chi connectivity index (χ3v) is 6.23. The molecule has 0 spiro atoms. The van der Waals surface area contributed by atoms with Crippen LogP contribution >= 0.6 is 0 Å². The van der Waals surface area contributed by atoms with Crippen molar-refractivity contribution >= 4 is 23.9 Å². The van der Waals surface area contributed by atoms with E-state index < -0.39 is 41.6 Å². The summed E-state index contributed by atoms with van der Waals surface area (Å²) in [5.74, 6) is -1.35. The molecule has 2 aromatic carbocycles. The van der Waals surface area contributed by atoms with Gasteiger partial charge in [-0.15, -0.1) is 0 Å². The molecule has 0 radical (unpaired) electrons. The number of nitrogens with one attached hydrogen (secondary N) is 2. The zero-order valence-corrected chi connectivity index (χ0v) is 22.6. The number of benzene rings is 2. The lowest BCUT2D eigenvalue weighted by Crippen LogP contribution is -2.55. The lowest BCUT2D eigenvalue weighted by atomic mass is 10.00. The van der Waals surface area contributed by atoms with Gasteiger partial charge in [-0.2, -0.15) is 0 Å². The molecule has 2 aromatic rings. The standard InChI is InChI=1S/C29H37N3O6/c1-19-16-23(19)32(25(21-14-10-7-11-15-21)26(34)30-18-24(33)37-5)27(35)22(17-20-12-8-6-9-13-20)31-28(36)38-29(2,3)4/h6-15,19,22-23,25H,16-18H2,1-5H3,(H,30,34)(H,31,36). The first-order chi connectivity index (χ1) is 18.0. The van der Waals surface area contributed by atoms with Crippen molar-refractivity contribution in [3.05, 3.63) is 71.8 Å².